The number of aliphatic hydroxyl groups is 1. The molecular weight excluding hydrogens is 286 g/mol. The molecule has 1 saturated carbocycles. The Labute approximate surface area is 127 Å². The molecule has 104 valence electrons. The third-order valence-electron chi connectivity index (χ3n) is 3.31. The van der Waals surface area contributed by atoms with Gasteiger partial charge in [0.2, 0.25) is 0 Å². The number of thiophene rings is 2. The van der Waals surface area contributed by atoms with E-state index in [9.17, 15) is 0 Å². The predicted molar refractivity (Wildman–Crippen MR) is 84.9 cm³/mol. The maximum absolute atomic E-state index is 8.73. The van der Waals surface area contributed by atoms with E-state index in [0.29, 0.717) is 0 Å². The third kappa shape index (κ3) is 3.71. The molecule has 1 N–H and O–H groups in total. The molecule has 20 heavy (non-hydrogen) atoms. The van der Waals surface area contributed by atoms with Gasteiger partial charge in [0.15, 0.2) is 0 Å². The van der Waals surface area contributed by atoms with Crippen LogP contribution in [0.15, 0.2) is 29.6 Å². The number of aliphatic hydroxyl groups excluding tert-OH is 1. The molecule has 2 nitrogen and oxygen atoms in total. The topological polar surface area (TPSA) is 23.5 Å². The highest BCUT2D eigenvalue weighted by Gasteiger charge is 2.29. The molecule has 0 radical (unpaired) electrons. The second kappa shape index (κ2) is 6.55. The lowest BCUT2D eigenvalue weighted by Crippen LogP contribution is -2.24. The average molecular weight is 303 g/mol. The molecule has 0 saturated heterocycles. The summed E-state index contributed by atoms with van der Waals surface area (Å²) in [5.74, 6) is 5.69. The minimum absolute atomic E-state index is 0.0696. The van der Waals surface area contributed by atoms with Crippen molar-refractivity contribution in [2.24, 2.45) is 0 Å². The van der Waals surface area contributed by atoms with E-state index in [1.54, 1.807) is 11.3 Å². The fourth-order valence-corrected chi connectivity index (χ4v) is 3.85. The van der Waals surface area contributed by atoms with E-state index in [1.807, 2.05) is 11.3 Å². The van der Waals surface area contributed by atoms with Gasteiger partial charge in [0, 0.05) is 28.9 Å². The molecule has 2 aromatic rings. The van der Waals surface area contributed by atoms with Gasteiger partial charge in [-0.05, 0) is 36.4 Å². The summed E-state index contributed by atoms with van der Waals surface area (Å²) in [6, 6.07) is 9.31. The van der Waals surface area contributed by atoms with E-state index in [4.69, 9.17) is 5.11 Å². The van der Waals surface area contributed by atoms with Crippen LogP contribution in [0.4, 0.5) is 0 Å². The van der Waals surface area contributed by atoms with Crippen LogP contribution in [0.5, 0.6) is 0 Å². The number of nitrogens with zero attached hydrogens (tertiary/aromatic N) is 1. The van der Waals surface area contributed by atoms with Gasteiger partial charge in [-0.25, -0.2) is 0 Å². The SMILES string of the molecule is OCC#Cc1ccc(CN(Cc2cccs2)C2CC2)s1. The molecule has 4 heteroatoms. The largest absolute Gasteiger partial charge is 0.384 e. The normalized spacial score (nSPS) is 14.3. The summed E-state index contributed by atoms with van der Waals surface area (Å²) in [7, 11) is 0. The molecule has 2 heterocycles. The van der Waals surface area contributed by atoms with E-state index in [1.165, 1.54) is 22.6 Å². The molecule has 0 unspecified atom stereocenters. The smallest absolute Gasteiger partial charge is 0.104 e. The Morgan fingerprint density at radius 2 is 2.05 bits per heavy atom. The Morgan fingerprint density at radius 3 is 2.75 bits per heavy atom. The maximum Gasteiger partial charge on any atom is 0.104 e. The van der Waals surface area contributed by atoms with Crippen molar-refractivity contribution in [2.45, 2.75) is 32.0 Å². The quantitative estimate of drug-likeness (QED) is 0.857. The summed E-state index contributed by atoms with van der Waals surface area (Å²) < 4.78 is 0. The Balaban J connectivity index is 1.65. The van der Waals surface area contributed by atoms with Crippen LogP contribution < -0.4 is 0 Å². The first-order chi connectivity index (χ1) is 9.85. The summed E-state index contributed by atoms with van der Waals surface area (Å²) >= 11 is 3.57. The molecule has 3 rings (SSSR count). The lowest BCUT2D eigenvalue weighted by molar-refractivity contribution is 0.250. The van der Waals surface area contributed by atoms with Crippen LogP contribution in [-0.2, 0) is 13.1 Å². The standard InChI is InChI=1S/C16H17NOS2/c18-9-1-3-14-7-8-16(20-14)12-17(13-5-6-13)11-15-4-2-10-19-15/h2,4,7-8,10,13,18H,5-6,9,11-12H2. The molecule has 2 aromatic heterocycles. The summed E-state index contributed by atoms with van der Waals surface area (Å²) in [5.41, 5.74) is 0. The van der Waals surface area contributed by atoms with Crippen LogP contribution in [0.2, 0.25) is 0 Å². The highest BCUT2D eigenvalue weighted by atomic mass is 32.1. The van der Waals surface area contributed by atoms with Crippen molar-refractivity contribution in [1.82, 2.24) is 4.90 Å². The first-order valence-corrected chi connectivity index (χ1v) is 8.49. The van der Waals surface area contributed by atoms with Gasteiger partial charge in [-0.2, -0.15) is 0 Å². The molecule has 0 spiro atoms. The summed E-state index contributed by atoms with van der Waals surface area (Å²) in [4.78, 5) is 6.41. The van der Waals surface area contributed by atoms with Crippen molar-refractivity contribution in [2.75, 3.05) is 6.61 Å². The van der Waals surface area contributed by atoms with Crippen LogP contribution in [0.25, 0.3) is 0 Å². The van der Waals surface area contributed by atoms with Crippen molar-refractivity contribution < 1.29 is 5.11 Å². The number of rotatable bonds is 5. The van der Waals surface area contributed by atoms with E-state index in [0.717, 1.165) is 24.0 Å². The third-order valence-corrected chi connectivity index (χ3v) is 5.16. The van der Waals surface area contributed by atoms with Gasteiger partial charge in [-0.3, -0.25) is 4.90 Å². The Morgan fingerprint density at radius 1 is 1.20 bits per heavy atom. The van der Waals surface area contributed by atoms with Crippen molar-refractivity contribution in [1.29, 1.82) is 0 Å². The first kappa shape index (κ1) is 13.8. The fourth-order valence-electron chi connectivity index (χ4n) is 2.21. The van der Waals surface area contributed by atoms with Crippen molar-refractivity contribution in [3.8, 4) is 11.8 Å². The van der Waals surface area contributed by atoms with Crippen molar-refractivity contribution in [3.63, 3.8) is 0 Å². The number of hydrogen-bond acceptors (Lipinski definition) is 4. The lowest BCUT2D eigenvalue weighted by Gasteiger charge is -2.20. The number of hydrogen-bond donors (Lipinski definition) is 1. The van der Waals surface area contributed by atoms with E-state index < -0.39 is 0 Å². The molecule has 0 aliphatic heterocycles. The molecule has 1 aliphatic carbocycles. The van der Waals surface area contributed by atoms with Crippen LogP contribution in [0.3, 0.4) is 0 Å². The van der Waals surface area contributed by atoms with Gasteiger partial charge in [0.1, 0.15) is 6.61 Å². The fraction of sp³-hybridized carbons (Fsp3) is 0.375. The summed E-state index contributed by atoms with van der Waals surface area (Å²) in [5, 5.41) is 10.9. The molecule has 0 aromatic carbocycles. The van der Waals surface area contributed by atoms with Crippen LogP contribution in [-0.4, -0.2) is 22.7 Å². The Bertz CT molecular complexity index is 602. The summed E-state index contributed by atoms with van der Waals surface area (Å²) in [6.45, 7) is 1.99. The minimum Gasteiger partial charge on any atom is -0.384 e. The molecular formula is C16H17NOS2. The van der Waals surface area contributed by atoms with Crippen molar-refractivity contribution in [3.05, 3.63) is 44.3 Å². The highest BCUT2D eigenvalue weighted by Crippen LogP contribution is 2.31. The molecule has 0 atom stereocenters. The van der Waals surface area contributed by atoms with E-state index in [-0.39, 0.29) is 6.61 Å². The Hall–Kier alpha value is -1.12. The van der Waals surface area contributed by atoms with E-state index >= 15 is 0 Å². The van der Waals surface area contributed by atoms with Gasteiger partial charge in [-0.1, -0.05) is 17.9 Å². The second-order valence-corrected chi connectivity index (χ2v) is 7.14. The van der Waals surface area contributed by atoms with Gasteiger partial charge in [0.25, 0.3) is 0 Å². The van der Waals surface area contributed by atoms with Crippen LogP contribution in [0.1, 0.15) is 27.5 Å². The zero-order valence-corrected chi connectivity index (χ0v) is 12.8. The zero-order valence-electron chi connectivity index (χ0n) is 11.2. The lowest BCUT2D eigenvalue weighted by atomic mass is 10.3. The Kier molecular flexibility index (Phi) is 4.54. The minimum atomic E-state index is -0.0696. The monoisotopic (exact) mass is 303 g/mol. The van der Waals surface area contributed by atoms with Gasteiger partial charge < -0.3 is 5.11 Å². The molecule has 1 aliphatic rings. The molecule has 1 fully saturated rings. The van der Waals surface area contributed by atoms with Crippen LogP contribution in [0, 0.1) is 11.8 Å². The predicted octanol–water partition coefficient (Wildman–Crippen LogP) is 3.32. The average Bonchev–Trinajstić information content (AvgIpc) is 3.00. The zero-order chi connectivity index (χ0) is 13.8. The second-order valence-electron chi connectivity index (χ2n) is 4.94. The van der Waals surface area contributed by atoms with E-state index in [2.05, 4.69) is 46.4 Å². The van der Waals surface area contributed by atoms with Crippen molar-refractivity contribution >= 4 is 22.7 Å². The molecule has 0 amide bonds. The van der Waals surface area contributed by atoms with Gasteiger partial charge in [0.05, 0.1) is 4.88 Å². The summed E-state index contributed by atoms with van der Waals surface area (Å²) in [6.07, 6.45) is 2.65. The van der Waals surface area contributed by atoms with Gasteiger partial charge >= 0.3 is 0 Å². The first-order valence-electron chi connectivity index (χ1n) is 6.80. The maximum atomic E-state index is 8.73. The highest BCUT2D eigenvalue weighted by molar-refractivity contribution is 7.12. The van der Waals surface area contributed by atoms with Gasteiger partial charge in [-0.15, -0.1) is 22.7 Å². The van der Waals surface area contributed by atoms with Crippen LogP contribution >= 0.6 is 22.7 Å². The molecule has 0 bridgehead atoms.